The van der Waals surface area contributed by atoms with Crippen LogP contribution in [0.2, 0.25) is 0 Å². The third kappa shape index (κ3) is 3.01. The summed E-state index contributed by atoms with van der Waals surface area (Å²) in [7, 11) is 0. The van der Waals surface area contributed by atoms with Crippen molar-refractivity contribution in [2.75, 3.05) is 13.2 Å². The fourth-order valence-electron chi connectivity index (χ4n) is 1.33. The molecule has 13 heavy (non-hydrogen) atoms. The molecule has 2 atom stereocenters. The van der Waals surface area contributed by atoms with Crippen molar-refractivity contribution < 1.29 is 9.53 Å². The van der Waals surface area contributed by atoms with Gasteiger partial charge in [-0.05, 0) is 6.42 Å². The molecule has 0 aromatic rings. The number of nitrogens with one attached hydrogen (secondary N) is 1. The molecule has 0 aromatic heterocycles. The molecule has 1 rings (SSSR count). The van der Waals surface area contributed by atoms with Crippen LogP contribution in [0.25, 0.3) is 0 Å². The molecule has 0 saturated carbocycles. The highest BCUT2D eigenvalue weighted by Gasteiger charge is 2.25. The van der Waals surface area contributed by atoms with Crippen LogP contribution >= 0.6 is 0 Å². The molecule has 0 bridgehead atoms. The molecule has 1 heterocycles. The summed E-state index contributed by atoms with van der Waals surface area (Å²) in [6.07, 6.45) is 0.403. The molecule has 1 saturated heterocycles. The van der Waals surface area contributed by atoms with E-state index in [0.29, 0.717) is 19.4 Å². The van der Waals surface area contributed by atoms with Gasteiger partial charge in [-0.1, -0.05) is 0 Å². The number of primary amides is 1. The molecule has 5 nitrogen and oxygen atoms in total. The number of ether oxygens (including phenoxy) is 1. The second-order valence-corrected chi connectivity index (χ2v) is 2.99. The molecule has 0 aromatic carbocycles. The molecule has 5 heteroatoms. The summed E-state index contributed by atoms with van der Waals surface area (Å²) in [5.74, 6) is -0.343. The lowest BCUT2D eigenvalue weighted by molar-refractivity contribution is -0.118. The minimum atomic E-state index is -0.451. The van der Waals surface area contributed by atoms with E-state index in [1.165, 1.54) is 0 Å². The Morgan fingerprint density at radius 2 is 2.54 bits per heavy atom. The Morgan fingerprint density at radius 3 is 3.15 bits per heavy atom. The predicted molar refractivity (Wildman–Crippen MR) is 45.6 cm³/mol. The Bertz CT molecular complexity index is 224. The van der Waals surface area contributed by atoms with Gasteiger partial charge in [0.1, 0.15) is 0 Å². The van der Waals surface area contributed by atoms with E-state index in [1.807, 2.05) is 6.07 Å². The molecule has 0 spiro atoms. The van der Waals surface area contributed by atoms with E-state index in [-0.39, 0.29) is 11.9 Å². The first-order chi connectivity index (χ1) is 6.24. The number of nitrogens with two attached hydrogens (primary N) is 1. The maximum absolute atomic E-state index is 10.5. The van der Waals surface area contributed by atoms with E-state index < -0.39 is 6.10 Å². The van der Waals surface area contributed by atoms with Crippen molar-refractivity contribution >= 4 is 5.91 Å². The van der Waals surface area contributed by atoms with Gasteiger partial charge < -0.3 is 15.8 Å². The van der Waals surface area contributed by atoms with Crippen LogP contribution < -0.4 is 11.1 Å². The summed E-state index contributed by atoms with van der Waals surface area (Å²) < 4.78 is 5.20. The van der Waals surface area contributed by atoms with Crippen molar-refractivity contribution in [3.8, 4) is 6.07 Å². The Labute approximate surface area is 76.8 Å². The van der Waals surface area contributed by atoms with Crippen molar-refractivity contribution in [3.05, 3.63) is 0 Å². The van der Waals surface area contributed by atoms with Crippen molar-refractivity contribution in [2.24, 2.45) is 5.73 Å². The van der Waals surface area contributed by atoms with E-state index in [2.05, 4.69) is 5.32 Å². The molecule has 1 fully saturated rings. The molecule has 72 valence electrons. The largest absolute Gasteiger partial charge is 0.370 e. The number of carbonyl (C=O) groups excluding carboxylic acids is 1. The van der Waals surface area contributed by atoms with Crippen molar-refractivity contribution in [3.63, 3.8) is 0 Å². The van der Waals surface area contributed by atoms with Gasteiger partial charge in [-0.3, -0.25) is 4.79 Å². The number of nitrogens with zero attached hydrogens (tertiary/aromatic N) is 1. The second kappa shape index (κ2) is 4.80. The van der Waals surface area contributed by atoms with Gasteiger partial charge >= 0.3 is 0 Å². The van der Waals surface area contributed by atoms with Crippen molar-refractivity contribution in [1.82, 2.24) is 5.32 Å². The normalized spacial score (nSPS) is 27.9. The maximum atomic E-state index is 10.5. The number of nitriles is 1. The van der Waals surface area contributed by atoms with Gasteiger partial charge in [0.2, 0.25) is 5.91 Å². The van der Waals surface area contributed by atoms with E-state index in [1.54, 1.807) is 0 Å². The molecule has 1 amide bonds. The molecule has 1 aliphatic heterocycles. The van der Waals surface area contributed by atoms with Crippen molar-refractivity contribution in [2.45, 2.75) is 25.0 Å². The predicted octanol–water partition coefficient (Wildman–Crippen LogP) is -0.868. The monoisotopic (exact) mass is 183 g/mol. The minimum Gasteiger partial charge on any atom is -0.370 e. The summed E-state index contributed by atoms with van der Waals surface area (Å²) in [6.45, 7) is 1.27. The second-order valence-electron chi connectivity index (χ2n) is 2.99. The standard InChI is InChI=1S/C8H13N3O2/c9-5-7-6(1-2-8(10)12)11-3-4-13-7/h6-7,11H,1-4H2,(H2,10,12). The van der Waals surface area contributed by atoms with Crippen LogP contribution in [0.3, 0.4) is 0 Å². The Balaban J connectivity index is 2.37. The molecule has 1 aliphatic rings. The van der Waals surface area contributed by atoms with E-state index >= 15 is 0 Å². The molecular formula is C8H13N3O2. The first-order valence-corrected chi connectivity index (χ1v) is 4.27. The van der Waals surface area contributed by atoms with Gasteiger partial charge in [0, 0.05) is 19.0 Å². The highest BCUT2D eigenvalue weighted by Crippen LogP contribution is 2.09. The smallest absolute Gasteiger partial charge is 0.217 e. The Kier molecular flexibility index (Phi) is 3.68. The van der Waals surface area contributed by atoms with Gasteiger partial charge in [-0.25, -0.2) is 0 Å². The number of hydrogen-bond donors (Lipinski definition) is 2. The highest BCUT2D eigenvalue weighted by molar-refractivity contribution is 5.73. The van der Waals surface area contributed by atoms with Crippen LogP contribution in [0.15, 0.2) is 0 Å². The number of morpholine rings is 1. The third-order valence-electron chi connectivity index (χ3n) is 2.00. The van der Waals surface area contributed by atoms with Crippen LogP contribution in [0.5, 0.6) is 0 Å². The van der Waals surface area contributed by atoms with Crippen LogP contribution in [-0.2, 0) is 9.53 Å². The number of carbonyl (C=O) groups is 1. The zero-order valence-electron chi connectivity index (χ0n) is 7.32. The minimum absolute atomic E-state index is 0.0637. The van der Waals surface area contributed by atoms with Crippen LogP contribution in [0, 0.1) is 11.3 Å². The fraction of sp³-hybridized carbons (Fsp3) is 0.750. The summed E-state index contributed by atoms with van der Waals surface area (Å²) in [5.41, 5.74) is 5.01. The third-order valence-corrected chi connectivity index (χ3v) is 2.00. The van der Waals surface area contributed by atoms with Gasteiger partial charge in [0.25, 0.3) is 0 Å². The zero-order valence-corrected chi connectivity index (χ0v) is 7.32. The topological polar surface area (TPSA) is 88.1 Å². The van der Waals surface area contributed by atoms with E-state index in [4.69, 9.17) is 15.7 Å². The van der Waals surface area contributed by atoms with Gasteiger partial charge in [0.15, 0.2) is 6.10 Å². The van der Waals surface area contributed by atoms with Crippen LogP contribution in [-0.4, -0.2) is 31.2 Å². The quantitative estimate of drug-likeness (QED) is 0.595. The molecule has 2 unspecified atom stereocenters. The molecular weight excluding hydrogens is 170 g/mol. The molecule has 0 aliphatic carbocycles. The van der Waals surface area contributed by atoms with Gasteiger partial charge in [-0.15, -0.1) is 0 Å². The van der Waals surface area contributed by atoms with Gasteiger partial charge in [0.05, 0.1) is 12.7 Å². The SMILES string of the molecule is N#CC1OCCNC1CCC(N)=O. The Morgan fingerprint density at radius 1 is 1.77 bits per heavy atom. The number of rotatable bonds is 3. The first kappa shape index (κ1) is 9.96. The lowest BCUT2D eigenvalue weighted by atomic mass is 10.0. The maximum Gasteiger partial charge on any atom is 0.217 e. The zero-order chi connectivity index (χ0) is 9.68. The average Bonchev–Trinajstić information content (AvgIpc) is 2.15. The Hall–Kier alpha value is -1.12. The average molecular weight is 183 g/mol. The first-order valence-electron chi connectivity index (χ1n) is 4.27. The lowest BCUT2D eigenvalue weighted by Crippen LogP contribution is -2.47. The molecule has 3 N–H and O–H groups in total. The van der Waals surface area contributed by atoms with E-state index in [0.717, 1.165) is 6.54 Å². The van der Waals surface area contributed by atoms with E-state index in [9.17, 15) is 4.79 Å². The summed E-state index contributed by atoms with van der Waals surface area (Å²) in [4.78, 5) is 10.5. The summed E-state index contributed by atoms with van der Waals surface area (Å²) in [6, 6.07) is 1.98. The molecule has 0 radical (unpaired) electrons. The number of hydrogen-bond acceptors (Lipinski definition) is 4. The summed E-state index contributed by atoms with van der Waals surface area (Å²) in [5, 5.41) is 11.8. The number of amides is 1. The highest BCUT2D eigenvalue weighted by atomic mass is 16.5. The van der Waals surface area contributed by atoms with Crippen molar-refractivity contribution in [1.29, 1.82) is 5.26 Å². The van der Waals surface area contributed by atoms with Crippen LogP contribution in [0.4, 0.5) is 0 Å². The van der Waals surface area contributed by atoms with Gasteiger partial charge in [-0.2, -0.15) is 5.26 Å². The lowest BCUT2D eigenvalue weighted by Gasteiger charge is -2.27. The summed E-state index contributed by atoms with van der Waals surface area (Å²) >= 11 is 0. The van der Waals surface area contributed by atoms with Crippen LogP contribution in [0.1, 0.15) is 12.8 Å². The fourth-order valence-corrected chi connectivity index (χ4v) is 1.33.